The Kier molecular flexibility index (Phi) is 2.70. The van der Waals surface area contributed by atoms with Gasteiger partial charge in [0.15, 0.2) is 6.26 Å². The van der Waals surface area contributed by atoms with Gasteiger partial charge in [0.2, 0.25) is 0 Å². The number of nitro benzene ring substituents is 1. The molecule has 5 heteroatoms. The minimum atomic E-state index is -0.448. The van der Waals surface area contributed by atoms with Crippen LogP contribution in [0, 0.1) is 16.4 Å². The maximum absolute atomic E-state index is 10.5. The van der Waals surface area contributed by atoms with E-state index in [1.165, 1.54) is 12.1 Å². The summed E-state index contributed by atoms with van der Waals surface area (Å²) in [6.45, 7) is 0. The first-order chi connectivity index (χ1) is 7.68. The quantitative estimate of drug-likeness (QED) is 0.629. The fraction of sp³-hybridized carbons (Fsp3) is 0.0909. The summed E-state index contributed by atoms with van der Waals surface area (Å²) in [4.78, 5) is 10.0. The third kappa shape index (κ3) is 1.94. The van der Waals surface area contributed by atoms with E-state index >= 15 is 0 Å². The van der Waals surface area contributed by atoms with Crippen molar-refractivity contribution in [2.75, 3.05) is 0 Å². The van der Waals surface area contributed by atoms with Gasteiger partial charge in [-0.15, -0.1) is 0 Å². The van der Waals surface area contributed by atoms with Gasteiger partial charge in [-0.3, -0.25) is 10.1 Å². The van der Waals surface area contributed by atoms with Gasteiger partial charge >= 0.3 is 0 Å². The van der Waals surface area contributed by atoms with Gasteiger partial charge in [0, 0.05) is 12.1 Å². The fourth-order valence-electron chi connectivity index (χ4n) is 1.39. The second kappa shape index (κ2) is 4.16. The standard InChI is InChI=1S/C11H9N2O3/c12-11(10-2-1-7-16-10)8-3-5-9(6-4-8)13(14)15/h1-6,11H,12H2. The van der Waals surface area contributed by atoms with Crippen molar-refractivity contribution in [2.24, 2.45) is 5.73 Å². The van der Waals surface area contributed by atoms with Gasteiger partial charge < -0.3 is 10.2 Å². The Hall–Kier alpha value is -2.14. The number of benzene rings is 1. The van der Waals surface area contributed by atoms with Crippen LogP contribution in [-0.4, -0.2) is 4.92 Å². The van der Waals surface area contributed by atoms with Crippen LogP contribution in [0.15, 0.2) is 40.8 Å². The summed E-state index contributed by atoms with van der Waals surface area (Å²) in [6.07, 6.45) is 2.55. The smallest absolute Gasteiger partial charge is 0.269 e. The number of nitro groups is 1. The molecule has 1 heterocycles. The molecule has 1 radical (unpaired) electrons. The molecule has 1 aromatic carbocycles. The number of hydrogen-bond donors (Lipinski definition) is 1. The van der Waals surface area contributed by atoms with E-state index in [-0.39, 0.29) is 5.69 Å². The molecule has 0 bridgehead atoms. The van der Waals surface area contributed by atoms with Gasteiger partial charge in [0.25, 0.3) is 5.69 Å². The van der Waals surface area contributed by atoms with Crippen molar-refractivity contribution in [2.45, 2.75) is 6.04 Å². The molecule has 1 unspecified atom stereocenters. The molecule has 1 atom stereocenters. The molecule has 0 aliphatic carbocycles. The predicted octanol–water partition coefficient (Wildman–Crippen LogP) is 2.04. The first-order valence-corrected chi connectivity index (χ1v) is 4.64. The second-order valence-corrected chi connectivity index (χ2v) is 3.28. The summed E-state index contributed by atoms with van der Waals surface area (Å²) < 4.78 is 5.04. The molecular weight excluding hydrogens is 208 g/mol. The van der Waals surface area contributed by atoms with Crippen LogP contribution in [0.4, 0.5) is 5.69 Å². The van der Waals surface area contributed by atoms with E-state index in [1.54, 1.807) is 24.3 Å². The minimum Gasteiger partial charge on any atom is -0.456 e. The molecule has 0 saturated carbocycles. The number of nitrogens with two attached hydrogens (primary N) is 1. The predicted molar refractivity (Wildman–Crippen MR) is 56.7 cm³/mol. The third-order valence-corrected chi connectivity index (χ3v) is 2.26. The first kappa shape index (κ1) is 10.4. The topological polar surface area (TPSA) is 82.3 Å². The van der Waals surface area contributed by atoms with Crippen LogP contribution in [0.2, 0.25) is 0 Å². The van der Waals surface area contributed by atoms with Crippen molar-refractivity contribution < 1.29 is 9.34 Å². The molecule has 0 fully saturated rings. The zero-order chi connectivity index (χ0) is 11.5. The van der Waals surface area contributed by atoms with E-state index in [0.717, 1.165) is 5.56 Å². The van der Waals surface area contributed by atoms with Gasteiger partial charge in [-0.2, -0.15) is 0 Å². The average molecular weight is 217 g/mol. The van der Waals surface area contributed by atoms with Crippen molar-refractivity contribution in [3.05, 3.63) is 64.1 Å². The van der Waals surface area contributed by atoms with Crippen LogP contribution in [-0.2, 0) is 0 Å². The number of nitrogens with zero attached hydrogens (tertiary/aromatic N) is 1. The van der Waals surface area contributed by atoms with Gasteiger partial charge in [-0.05, 0) is 17.7 Å². The van der Waals surface area contributed by atoms with E-state index < -0.39 is 11.0 Å². The van der Waals surface area contributed by atoms with E-state index in [2.05, 4.69) is 6.26 Å². The lowest BCUT2D eigenvalue weighted by atomic mass is 10.1. The Morgan fingerprint density at radius 3 is 2.50 bits per heavy atom. The first-order valence-electron chi connectivity index (χ1n) is 4.64. The van der Waals surface area contributed by atoms with Crippen LogP contribution in [0.5, 0.6) is 0 Å². The molecule has 0 amide bonds. The lowest BCUT2D eigenvalue weighted by Crippen LogP contribution is -2.10. The molecular formula is C11H9N2O3. The summed E-state index contributed by atoms with van der Waals surface area (Å²) >= 11 is 0. The van der Waals surface area contributed by atoms with E-state index in [0.29, 0.717) is 5.76 Å². The maximum atomic E-state index is 10.5. The molecule has 16 heavy (non-hydrogen) atoms. The van der Waals surface area contributed by atoms with Gasteiger partial charge in [0.05, 0.1) is 11.0 Å². The Balaban J connectivity index is 2.25. The SMILES string of the molecule is NC(c1ccc([N+](=O)[O-])cc1)c1cc[c]o1. The van der Waals surface area contributed by atoms with Crippen molar-refractivity contribution in [1.82, 2.24) is 0 Å². The van der Waals surface area contributed by atoms with Crippen molar-refractivity contribution in [3.63, 3.8) is 0 Å². The Labute approximate surface area is 91.6 Å². The molecule has 1 aromatic heterocycles. The second-order valence-electron chi connectivity index (χ2n) is 3.28. The maximum Gasteiger partial charge on any atom is 0.269 e. The van der Waals surface area contributed by atoms with E-state index in [4.69, 9.17) is 10.2 Å². The summed E-state index contributed by atoms with van der Waals surface area (Å²) in [5, 5.41) is 10.5. The highest BCUT2D eigenvalue weighted by Gasteiger charge is 2.13. The molecule has 2 N–H and O–H groups in total. The van der Waals surface area contributed by atoms with Crippen LogP contribution >= 0.6 is 0 Å². The average Bonchev–Trinajstić information content (AvgIpc) is 2.81. The summed E-state index contributed by atoms with van der Waals surface area (Å²) in [5.74, 6) is 0.578. The molecule has 0 aliphatic rings. The highest BCUT2D eigenvalue weighted by molar-refractivity contribution is 5.36. The molecule has 2 rings (SSSR count). The largest absolute Gasteiger partial charge is 0.456 e. The number of furan rings is 1. The minimum absolute atomic E-state index is 0.0435. The van der Waals surface area contributed by atoms with Crippen LogP contribution in [0.25, 0.3) is 0 Å². The summed E-state index contributed by atoms with van der Waals surface area (Å²) in [7, 11) is 0. The van der Waals surface area contributed by atoms with Crippen molar-refractivity contribution >= 4 is 5.69 Å². The number of hydrogen-bond acceptors (Lipinski definition) is 4. The number of rotatable bonds is 3. The Morgan fingerprint density at radius 2 is 2.00 bits per heavy atom. The zero-order valence-electron chi connectivity index (χ0n) is 8.29. The Morgan fingerprint density at radius 1 is 1.31 bits per heavy atom. The monoisotopic (exact) mass is 217 g/mol. The normalized spacial score (nSPS) is 12.3. The lowest BCUT2D eigenvalue weighted by Gasteiger charge is -2.08. The Bertz CT molecular complexity index is 476. The molecule has 81 valence electrons. The zero-order valence-corrected chi connectivity index (χ0v) is 8.29. The van der Waals surface area contributed by atoms with Crippen molar-refractivity contribution in [3.8, 4) is 0 Å². The van der Waals surface area contributed by atoms with Gasteiger partial charge in [-0.25, -0.2) is 0 Å². The molecule has 5 nitrogen and oxygen atoms in total. The lowest BCUT2D eigenvalue weighted by molar-refractivity contribution is -0.384. The van der Waals surface area contributed by atoms with Gasteiger partial charge in [0.1, 0.15) is 5.76 Å². The fourth-order valence-corrected chi connectivity index (χ4v) is 1.39. The summed E-state index contributed by atoms with van der Waals surface area (Å²) in [6, 6.07) is 8.99. The summed E-state index contributed by atoms with van der Waals surface area (Å²) in [5.41, 5.74) is 6.71. The van der Waals surface area contributed by atoms with E-state index in [9.17, 15) is 10.1 Å². The van der Waals surface area contributed by atoms with Crippen LogP contribution in [0.1, 0.15) is 17.4 Å². The highest BCUT2D eigenvalue weighted by atomic mass is 16.6. The van der Waals surface area contributed by atoms with Crippen LogP contribution < -0.4 is 5.73 Å². The number of non-ortho nitro benzene ring substituents is 1. The van der Waals surface area contributed by atoms with E-state index in [1.807, 2.05) is 0 Å². The molecule has 0 spiro atoms. The van der Waals surface area contributed by atoms with Gasteiger partial charge in [-0.1, -0.05) is 12.1 Å². The van der Waals surface area contributed by atoms with Crippen LogP contribution in [0.3, 0.4) is 0 Å². The highest BCUT2D eigenvalue weighted by Crippen LogP contribution is 2.21. The van der Waals surface area contributed by atoms with Crippen molar-refractivity contribution in [1.29, 1.82) is 0 Å². The molecule has 0 saturated heterocycles. The molecule has 2 aromatic rings. The molecule has 0 aliphatic heterocycles. The third-order valence-electron chi connectivity index (χ3n) is 2.26.